The molecule has 0 radical (unpaired) electrons. The lowest BCUT2D eigenvalue weighted by molar-refractivity contribution is -0.0824. The molecule has 1 aliphatic rings. The summed E-state index contributed by atoms with van der Waals surface area (Å²) < 4.78 is 16.9. The summed E-state index contributed by atoms with van der Waals surface area (Å²) in [6.45, 7) is 12.1. The molecule has 1 saturated heterocycles. The van der Waals surface area contributed by atoms with E-state index in [0.29, 0.717) is 32.3 Å². The molecule has 0 aliphatic carbocycles. The second-order valence-corrected chi connectivity index (χ2v) is 7.28. The van der Waals surface area contributed by atoms with Crippen LogP contribution in [0.4, 0.5) is 0 Å². The normalized spacial score (nSPS) is 23.0. The van der Waals surface area contributed by atoms with Gasteiger partial charge >= 0.3 is 0 Å². The number of β-amino-alcohol motifs (C(OH)–C–C–N with tert-alkyl or cyclic N) is 1. The molecule has 3 atom stereocenters. The van der Waals surface area contributed by atoms with Gasteiger partial charge in [-0.1, -0.05) is 26.0 Å². The molecule has 2 rings (SSSR count). The van der Waals surface area contributed by atoms with Crippen LogP contribution in [0.25, 0.3) is 0 Å². The van der Waals surface area contributed by atoms with Gasteiger partial charge in [-0.3, -0.25) is 4.90 Å². The lowest BCUT2D eigenvalue weighted by Crippen LogP contribution is -2.48. The van der Waals surface area contributed by atoms with E-state index in [2.05, 4.69) is 44.7 Å². The number of hydrogen-bond donors (Lipinski definition) is 1. The summed E-state index contributed by atoms with van der Waals surface area (Å²) in [6, 6.07) is 8.17. The zero-order valence-corrected chi connectivity index (χ0v) is 16.0. The molecular weight excluding hydrogens is 318 g/mol. The lowest BCUT2D eigenvalue weighted by Gasteiger charge is -2.36. The maximum Gasteiger partial charge on any atom is 0.119 e. The van der Waals surface area contributed by atoms with Gasteiger partial charge in [-0.2, -0.15) is 0 Å². The molecule has 0 bridgehead atoms. The fourth-order valence-corrected chi connectivity index (χ4v) is 3.17. The number of aliphatic hydroxyl groups is 1. The van der Waals surface area contributed by atoms with Gasteiger partial charge in [0.25, 0.3) is 0 Å². The molecule has 142 valence electrons. The van der Waals surface area contributed by atoms with Crippen LogP contribution in [-0.4, -0.2) is 67.8 Å². The summed E-state index contributed by atoms with van der Waals surface area (Å²) in [6.07, 6.45) is -0.0532. The third kappa shape index (κ3) is 7.32. The molecule has 25 heavy (non-hydrogen) atoms. The quantitative estimate of drug-likeness (QED) is 0.693. The van der Waals surface area contributed by atoms with E-state index in [4.69, 9.17) is 14.2 Å². The number of aliphatic hydroxyl groups excluding tert-OH is 1. The van der Waals surface area contributed by atoms with Crippen LogP contribution >= 0.6 is 0 Å². The van der Waals surface area contributed by atoms with Crippen molar-refractivity contribution in [3.05, 3.63) is 29.8 Å². The van der Waals surface area contributed by atoms with Crippen molar-refractivity contribution in [2.45, 2.75) is 51.9 Å². The molecule has 0 unspecified atom stereocenters. The maximum atomic E-state index is 10.1. The minimum absolute atomic E-state index is 0.215. The van der Waals surface area contributed by atoms with E-state index in [-0.39, 0.29) is 12.2 Å². The van der Waals surface area contributed by atoms with Crippen molar-refractivity contribution >= 4 is 0 Å². The van der Waals surface area contributed by atoms with E-state index in [1.807, 2.05) is 12.1 Å². The van der Waals surface area contributed by atoms with Crippen LogP contribution in [0.5, 0.6) is 5.75 Å². The number of ether oxygens (including phenoxy) is 3. The highest BCUT2D eigenvalue weighted by atomic mass is 16.5. The van der Waals surface area contributed by atoms with Crippen molar-refractivity contribution in [2.24, 2.45) is 0 Å². The van der Waals surface area contributed by atoms with E-state index in [0.717, 1.165) is 18.8 Å². The molecule has 1 heterocycles. The fourth-order valence-electron chi connectivity index (χ4n) is 3.17. The summed E-state index contributed by atoms with van der Waals surface area (Å²) in [5.74, 6) is 1.38. The SMILES string of the molecule is CC(C)c1ccc(OCCOC[C@@H](O)CN2C[C@H](C)O[C@@H](C)C2)cc1. The molecule has 1 aliphatic heterocycles. The molecular formula is C20H33NO4. The molecule has 0 saturated carbocycles. The molecule has 1 N–H and O–H groups in total. The first-order chi connectivity index (χ1) is 11.9. The smallest absolute Gasteiger partial charge is 0.119 e. The summed E-state index contributed by atoms with van der Waals surface area (Å²) in [5.41, 5.74) is 1.30. The fraction of sp³-hybridized carbons (Fsp3) is 0.700. The molecule has 1 aromatic rings. The van der Waals surface area contributed by atoms with Crippen LogP contribution in [0.2, 0.25) is 0 Å². The lowest BCUT2D eigenvalue weighted by atomic mass is 10.0. The van der Waals surface area contributed by atoms with Crippen molar-refractivity contribution in [3.8, 4) is 5.75 Å². The van der Waals surface area contributed by atoms with Crippen LogP contribution < -0.4 is 4.74 Å². The Kier molecular flexibility index (Phi) is 8.16. The highest BCUT2D eigenvalue weighted by molar-refractivity contribution is 5.28. The molecule has 1 aromatic carbocycles. The van der Waals surface area contributed by atoms with Crippen molar-refractivity contribution < 1.29 is 19.3 Å². The average Bonchev–Trinajstić information content (AvgIpc) is 2.54. The van der Waals surface area contributed by atoms with Crippen molar-refractivity contribution in [3.63, 3.8) is 0 Å². The number of nitrogens with zero attached hydrogens (tertiary/aromatic N) is 1. The Balaban J connectivity index is 1.57. The Morgan fingerprint density at radius 2 is 1.76 bits per heavy atom. The Morgan fingerprint density at radius 1 is 1.12 bits per heavy atom. The zero-order chi connectivity index (χ0) is 18.2. The Morgan fingerprint density at radius 3 is 2.36 bits per heavy atom. The number of morpholine rings is 1. The second kappa shape index (κ2) is 10.1. The molecule has 0 amide bonds. The van der Waals surface area contributed by atoms with Crippen LogP contribution in [0.3, 0.4) is 0 Å². The Labute approximate surface area is 151 Å². The van der Waals surface area contributed by atoms with Gasteiger partial charge in [-0.15, -0.1) is 0 Å². The van der Waals surface area contributed by atoms with Crippen molar-refractivity contribution in [2.75, 3.05) is 39.5 Å². The minimum Gasteiger partial charge on any atom is -0.491 e. The summed E-state index contributed by atoms with van der Waals surface area (Å²) in [5, 5.41) is 10.1. The first-order valence-corrected chi connectivity index (χ1v) is 9.30. The monoisotopic (exact) mass is 351 g/mol. The van der Waals surface area contributed by atoms with Gasteiger partial charge in [0.05, 0.1) is 31.5 Å². The number of benzene rings is 1. The van der Waals surface area contributed by atoms with E-state index < -0.39 is 6.10 Å². The van der Waals surface area contributed by atoms with E-state index in [1.165, 1.54) is 5.56 Å². The molecule has 5 nitrogen and oxygen atoms in total. The van der Waals surface area contributed by atoms with Crippen molar-refractivity contribution in [1.82, 2.24) is 4.90 Å². The third-order valence-corrected chi connectivity index (χ3v) is 4.32. The van der Waals surface area contributed by atoms with Gasteiger partial charge in [0, 0.05) is 19.6 Å². The van der Waals surface area contributed by atoms with Crippen LogP contribution in [-0.2, 0) is 9.47 Å². The van der Waals surface area contributed by atoms with E-state index >= 15 is 0 Å². The topological polar surface area (TPSA) is 51.2 Å². The highest BCUT2D eigenvalue weighted by Crippen LogP contribution is 2.18. The van der Waals surface area contributed by atoms with Crippen LogP contribution in [0, 0.1) is 0 Å². The summed E-state index contributed by atoms with van der Waals surface area (Å²) in [7, 11) is 0. The van der Waals surface area contributed by atoms with Crippen LogP contribution in [0.1, 0.15) is 39.2 Å². The Hall–Kier alpha value is -1.14. The van der Waals surface area contributed by atoms with Gasteiger partial charge in [-0.25, -0.2) is 0 Å². The van der Waals surface area contributed by atoms with E-state index in [9.17, 15) is 5.11 Å². The standard InChI is InChI=1S/C20H33NO4/c1-15(2)18-5-7-20(8-6-18)24-10-9-23-14-19(22)13-21-11-16(3)25-17(4)12-21/h5-8,15-17,19,22H,9-14H2,1-4H3/t16-,17-,19-/m0/s1. The summed E-state index contributed by atoms with van der Waals surface area (Å²) in [4.78, 5) is 2.24. The Bertz CT molecular complexity index is 481. The van der Waals surface area contributed by atoms with Gasteiger partial charge in [0.2, 0.25) is 0 Å². The van der Waals surface area contributed by atoms with Crippen molar-refractivity contribution in [1.29, 1.82) is 0 Å². The van der Waals surface area contributed by atoms with Gasteiger partial charge in [-0.05, 0) is 37.5 Å². The second-order valence-electron chi connectivity index (χ2n) is 7.28. The van der Waals surface area contributed by atoms with Gasteiger partial charge in [0.15, 0.2) is 0 Å². The number of hydrogen-bond acceptors (Lipinski definition) is 5. The predicted octanol–water partition coefficient (Wildman–Crippen LogP) is 2.68. The third-order valence-electron chi connectivity index (χ3n) is 4.32. The molecule has 1 fully saturated rings. The molecule has 0 aromatic heterocycles. The first kappa shape index (κ1) is 20.2. The molecule has 5 heteroatoms. The summed E-state index contributed by atoms with van der Waals surface area (Å²) >= 11 is 0. The van der Waals surface area contributed by atoms with E-state index in [1.54, 1.807) is 0 Å². The maximum absolute atomic E-state index is 10.1. The zero-order valence-electron chi connectivity index (χ0n) is 16.0. The minimum atomic E-state index is -0.483. The molecule has 0 spiro atoms. The van der Waals surface area contributed by atoms with Crippen LogP contribution in [0.15, 0.2) is 24.3 Å². The van der Waals surface area contributed by atoms with Gasteiger partial charge in [0.1, 0.15) is 12.4 Å². The number of rotatable bonds is 9. The first-order valence-electron chi connectivity index (χ1n) is 9.30. The average molecular weight is 351 g/mol. The van der Waals surface area contributed by atoms with Gasteiger partial charge < -0.3 is 19.3 Å². The largest absolute Gasteiger partial charge is 0.491 e. The predicted molar refractivity (Wildman–Crippen MR) is 99.3 cm³/mol. The highest BCUT2D eigenvalue weighted by Gasteiger charge is 2.23.